The Morgan fingerprint density at radius 2 is 1.81 bits per heavy atom. The normalized spacial score (nSPS) is 56.5. The molecule has 7 aliphatic rings. The fraction of sp³-hybridized carbons (Fsp3) is 0.846. The molecule has 1 heterocycles. The van der Waals surface area contributed by atoms with Crippen LogP contribution in [0.15, 0.2) is 23.3 Å². The summed E-state index contributed by atoms with van der Waals surface area (Å²) in [4.78, 5) is 3.02. The van der Waals surface area contributed by atoms with Gasteiger partial charge in [0, 0.05) is 29.0 Å². The van der Waals surface area contributed by atoms with Gasteiger partial charge in [-0.25, -0.2) is 0 Å². The minimum Gasteiger partial charge on any atom is -0.288 e. The lowest BCUT2D eigenvalue weighted by Gasteiger charge is -2.64. The minimum atomic E-state index is 0.536. The molecule has 0 aromatic rings. The fourth-order valence-corrected chi connectivity index (χ4v) is 10.6. The highest BCUT2D eigenvalue weighted by atomic mass is 15.4. The Hall–Kier alpha value is -0.560. The van der Waals surface area contributed by atoms with E-state index in [0.29, 0.717) is 21.8 Å². The lowest BCUT2D eigenvalue weighted by molar-refractivity contribution is -0.136. The van der Waals surface area contributed by atoms with Crippen molar-refractivity contribution in [3.8, 4) is 0 Å². The summed E-state index contributed by atoms with van der Waals surface area (Å²) in [5.74, 6) is 1.85. The van der Waals surface area contributed by atoms with Crippen molar-refractivity contribution in [2.45, 2.75) is 102 Å². The van der Waals surface area contributed by atoms with Crippen LogP contribution in [0, 0.1) is 28.1 Å². The van der Waals surface area contributed by atoms with Crippen molar-refractivity contribution >= 4 is 0 Å². The van der Waals surface area contributed by atoms with Crippen molar-refractivity contribution in [1.82, 2.24) is 4.90 Å². The second-order valence-electron chi connectivity index (χ2n) is 11.9. The van der Waals surface area contributed by atoms with E-state index in [4.69, 9.17) is 0 Å². The quantitative estimate of drug-likeness (QED) is 0.393. The van der Waals surface area contributed by atoms with E-state index in [1.165, 1.54) is 83.6 Å². The molecule has 7 unspecified atom stereocenters. The number of rotatable bonds is 1. The standard InChI is InChI=1S/C26H37N/c1-18-10-15-26-20-7-5-6-19-8-9-22(27-17-24(27)12-3-4-13-24)25(14-11-20,16-21(18)26)23(19,26)2/h8-9,19-20,22H,3-7,10-17H2,1-2H3. The van der Waals surface area contributed by atoms with Gasteiger partial charge in [0.1, 0.15) is 0 Å². The summed E-state index contributed by atoms with van der Waals surface area (Å²) in [5, 5.41) is 0. The fourth-order valence-electron chi connectivity index (χ4n) is 10.6. The third-order valence-corrected chi connectivity index (χ3v) is 11.8. The van der Waals surface area contributed by atoms with Crippen molar-refractivity contribution < 1.29 is 0 Å². The third-order valence-electron chi connectivity index (χ3n) is 11.8. The Morgan fingerprint density at radius 3 is 2.67 bits per heavy atom. The van der Waals surface area contributed by atoms with Gasteiger partial charge in [-0.1, -0.05) is 49.5 Å². The molecular formula is C26H37N. The van der Waals surface area contributed by atoms with Crippen LogP contribution in [0.4, 0.5) is 0 Å². The molecule has 1 saturated heterocycles. The summed E-state index contributed by atoms with van der Waals surface area (Å²) in [7, 11) is 0. The second kappa shape index (κ2) is 4.77. The highest BCUT2D eigenvalue weighted by molar-refractivity contribution is 5.46. The van der Waals surface area contributed by atoms with Crippen molar-refractivity contribution in [3.63, 3.8) is 0 Å². The van der Waals surface area contributed by atoms with Crippen LogP contribution in [-0.4, -0.2) is 23.0 Å². The summed E-state index contributed by atoms with van der Waals surface area (Å²) in [5.41, 5.74) is 6.11. The maximum Gasteiger partial charge on any atom is 0.0350 e. The van der Waals surface area contributed by atoms with E-state index in [2.05, 4.69) is 30.9 Å². The maximum absolute atomic E-state index is 3.02. The zero-order valence-electron chi connectivity index (χ0n) is 17.5. The van der Waals surface area contributed by atoms with E-state index in [9.17, 15) is 0 Å². The van der Waals surface area contributed by atoms with Gasteiger partial charge in [-0.2, -0.15) is 0 Å². The average molecular weight is 364 g/mol. The molecule has 146 valence electrons. The van der Waals surface area contributed by atoms with Crippen LogP contribution in [0.5, 0.6) is 0 Å². The molecule has 5 fully saturated rings. The maximum atomic E-state index is 3.02. The van der Waals surface area contributed by atoms with Gasteiger partial charge in [-0.05, 0) is 82.0 Å². The number of hydrogen-bond donors (Lipinski definition) is 0. The van der Waals surface area contributed by atoms with Gasteiger partial charge < -0.3 is 0 Å². The monoisotopic (exact) mass is 363 g/mol. The first-order valence-electron chi connectivity index (χ1n) is 12.2. The average Bonchev–Trinajstić information content (AvgIpc) is 2.92. The zero-order valence-corrected chi connectivity index (χ0v) is 17.5. The van der Waals surface area contributed by atoms with E-state index in [-0.39, 0.29) is 0 Å². The molecule has 6 aliphatic carbocycles. The molecule has 4 saturated carbocycles. The third kappa shape index (κ3) is 1.53. The van der Waals surface area contributed by atoms with Crippen molar-refractivity contribution in [2.24, 2.45) is 28.1 Å². The van der Waals surface area contributed by atoms with Crippen molar-refractivity contribution in [1.29, 1.82) is 0 Å². The van der Waals surface area contributed by atoms with E-state index in [1.807, 2.05) is 11.1 Å². The Kier molecular flexibility index (Phi) is 2.87. The smallest absolute Gasteiger partial charge is 0.0350 e. The number of allylic oxidation sites excluding steroid dienone is 3. The van der Waals surface area contributed by atoms with Crippen LogP contribution in [0.1, 0.15) is 90.9 Å². The molecule has 0 aromatic carbocycles. The van der Waals surface area contributed by atoms with Crippen LogP contribution in [0.2, 0.25) is 0 Å². The molecule has 27 heavy (non-hydrogen) atoms. The topological polar surface area (TPSA) is 3.01 Å². The molecule has 0 N–H and O–H groups in total. The van der Waals surface area contributed by atoms with Crippen LogP contribution in [0.25, 0.3) is 0 Å². The molecular weight excluding hydrogens is 326 g/mol. The number of hydrogen-bond acceptors (Lipinski definition) is 1. The van der Waals surface area contributed by atoms with Gasteiger partial charge in [-0.15, -0.1) is 0 Å². The molecule has 0 aromatic heterocycles. The molecule has 1 nitrogen and oxygen atoms in total. The number of nitrogens with zero attached hydrogens (tertiary/aromatic N) is 1. The first kappa shape index (κ1) is 16.3. The summed E-state index contributed by atoms with van der Waals surface area (Å²) in [6.07, 6.45) is 23.4. The van der Waals surface area contributed by atoms with Crippen LogP contribution in [0.3, 0.4) is 0 Å². The van der Waals surface area contributed by atoms with Gasteiger partial charge in [0.05, 0.1) is 0 Å². The van der Waals surface area contributed by atoms with Gasteiger partial charge in [0.25, 0.3) is 0 Å². The second-order valence-corrected chi connectivity index (χ2v) is 11.9. The highest BCUT2D eigenvalue weighted by Crippen LogP contribution is 2.83. The van der Waals surface area contributed by atoms with Gasteiger partial charge >= 0.3 is 0 Å². The summed E-state index contributed by atoms with van der Waals surface area (Å²) in [6.45, 7) is 6.75. The molecule has 7 rings (SSSR count). The van der Waals surface area contributed by atoms with E-state index < -0.39 is 0 Å². The zero-order chi connectivity index (χ0) is 18.1. The highest BCUT2D eigenvalue weighted by Gasteiger charge is 2.78. The summed E-state index contributed by atoms with van der Waals surface area (Å²) in [6, 6.07) is 0.749. The summed E-state index contributed by atoms with van der Waals surface area (Å²) < 4.78 is 0. The molecule has 2 spiro atoms. The van der Waals surface area contributed by atoms with Gasteiger partial charge in [0.15, 0.2) is 0 Å². The van der Waals surface area contributed by atoms with E-state index in [1.54, 1.807) is 0 Å². The Bertz CT molecular complexity index is 769. The van der Waals surface area contributed by atoms with Crippen LogP contribution in [-0.2, 0) is 0 Å². The predicted molar refractivity (Wildman–Crippen MR) is 110 cm³/mol. The lowest BCUT2D eigenvalue weighted by atomic mass is 9.40. The lowest BCUT2D eigenvalue weighted by Crippen LogP contribution is -2.62. The van der Waals surface area contributed by atoms with E-state index in [0.717, 1.165) is 17.9 Å². The Morgan fingerprint density at radius 1 is 0.963 bits per heavy atom. The molecule has 1 heteroatoms. The largest absolute Gasteiger partial charge is 0.288 e. The Balaban J connectivity index is 1.44. The first-order valence-corrected chi connectivity index (χ1v) is 12.2. The molecule has 4 bridgehead atoms. The van der Waals surface area contributed by atoms with Crippen LogP contribution < -0.4 is 0 Å². The van der Waals surface area contributed by atoms with Crippen molar-refractivity contribution in [3.05, 3.63) is 23.3 Å². The molecule has 7 atom stereocenters. The van der Waals surface area contributed by atoms with E-state index >= 15 is 0 Å². The SMILES string of the molecule is CC1=C2CC34CCC5CCCC(C=CC3N3CC36CCCC6)C4(C)C25CC1. The molecule has 1 aliphatic heterocycles. The minimum absolute atomic E-state index is 0.536. The van der Waals surface area contributed by atoms with Gasteiger partial charge in [-0.3, -0.25) is 4.90 Å². The predicted octanol–water partition coefficient (Wildman–Crippen LogP) is 6.26. The molecule has 0 radical (unpaired) electrons. The Labute approximate surface area is 165 Å². The van der Waals surface area contributed by atoms with Crippen LogP contribution >= 0.6 is 0 Å². The first-order chi connectivity index (χ1) is 13.1. The summed E-state index contributed by atoms with van der Waals surface area (Å²) >= 11 is 0. The van der Waals surface area contributed by atoms with Crippen molar-refractivity contribution in [2.75, 3.05) is 6.54 Å². The molecule has 0 amide bonds. The van der Waals surface area contributed by atoms with Gasteiger partial charge in [0.2, 0.25) is 0 Å².